The Morgan fingerprint density at radius 1 is 1.10 bits per heavy atom. The van der Waals surface area contributed by atoms with Gasteiger partial charge >= 0.3 is 0 Å². The van der Waals surface area contributed by atoms with Crippen molar-refractivity contribution >= 4 is 17.5 Å². The molecule has 2 fully saturated rings. The van der Waals surface area contributed by atoms with Crippen molar-refractivity contribution in [2.24, 2.45) is 5.92 Å². The minimum absolute atomic E-state index is 0.0759. The molecule has 0 aliphatic carbocycles. The van der Waals surface area contributed by atoms with Crippen molar-refractivity contribution in [3.63, 3.8) is 0 Å². The zero-order chi connectivity index (χ0) is 14.3. The first-order valence-corrected chi connectivity index (χ1v) is 7.30. The van der Waals surface area contributed by atoms with Crippen molar-refractivity contribution in [3.05, 3.63) is 30.3 Å². The summed E-state index contributed by atoms with van der Waals surface area (Å²) in [5.74, 6) is 0.283. The van der Waals surface area contributed by atoms with Gasteiger partial charge in [0.05, 0.1) is 0 Å². The molecule has 2 atom stereocenters. The van der Waals surface area contributed by atoms with Gasteiger partial charge in [0.25, 0.3) is 5.91 Å². The lowest BCUT2D eigenvalue weighted by Crippen LogP contribution is -2.64. The lowest BCUT2D eigenvalue weighted by atomic mass is 9.95. The number of amides is 2. The lowest BCUT2D eigenvalue weighted by Gasteiger charge is -2.43. The second-order valence-corrected chi connectivity index (χ2v) is 5.92. The van der Waals surface area contributed by atoms with Crippen molar-refractivity contribution in [3.8, 4) is 0 Å². The topological polar surface area (TPSA) is 40.6 Å². The van der Waals surface area contributed by atoms with Gasteiger partial charge in [-0.1, -0.05) is 32.0 Å². The predicted octanol–water partition coefficient (Wildman–Crippen LogP) is 2.05. The third-order valence-electron chi connectivity index (χ3n) is 4.26. The highest BCUT2D eigenvalue weighted by molar-refractivity contribution is 6.08. The molecular weight excluding hydrogens is 252 g/mol. The van der Waals surface area contributed by atoms with E-state index in [0.717, 1.165) is 25.1 Å². The molecule has 0 saturated carbocycles. The molecule has 2 heterocycles. The van der Waals surface area contributed by atoms with Crippen LogP contribution in [0.5, 0.6) is 0 Å². The zero-order valence-corrected chi connectivity index (χ0v) is 12.0. The Bertz CT molecular complexity index is 527. The van der Waals surface area contributed by atoms with Gasteiger partial charge in [0, 0.05) is 12.2 Å². The quantitative estimate of drug-likeness (QED) is 0.826. The largest absolute Gasteiger partial charge is 0.329 e. The van der Waals surface area contributed by atoms with Crippen LogP contribution in [-0.4, -0.2) is 35.3 Å². The van der Waals surface area contributed by atoms with Crippen molar-refractivity contribution in [2.45, 2.75) is 38.8 Å². The summed E-state index contributed by atoms with van der Waals surface area (Å²) in [5.41, 5.74) is 0.830. The van der Waals surface area contributed by atoms with Gasteiger partial charge in [-0.25, -0.2) is 0 Å². The van der Waals surface area contributed by atoms with Crippen LogP contribution in [0.15, 0.2) is 30.3 Å². The number of benzene rings is 1. The molecule has 0 spiro atoms. The average Bonchev–Trinajstić information content (AvgIpc) is 2.93. The maximum Gasteiger partial charge on any atom is 0.250 e. The minimum atomic E-state index is -0.376. The Balaban J connectivity index is 2.04. The van der Waals surface area contributed by atoms with Crippen LogP contribution >= 0.6 is 0 Å². The molecule has 0 radical (unpaired) electrons. The van der Waals surface area contributed by atoms with E-state index in [1.54, 1.807) is 9.80 Å². The first-order valence-electron chi connectivity index (χ1n) is 7.30. The summed E-state index contributed by atoms with van der Waals surface area (Å²) in [5, 5.41) is 0. The maximum atomic E-state index is 12.8. The van der Waals surface area contributed by atoms with Gasteiger partial charge in [0.2, 0.25) is 5.91 Å². The van der Waals surface area contributed by atoms with Crippen molar-refractivity contribution in [1.29, 1.82) is 0 Å². The highest BCUT2D eigenvalue weighted by Gasteiger charge is 2.49. The number of rotatable bonds is 2. The van der Waals surface area contributed by atoms with Crippen molar-refractivity contribution in [1.82, 2.24) is 4.90 Å². The Kier molecular flexibility index (Phi) is 3.24. The SMILES string of the molecule is CC(C)C1C(=O)N2CCCC2C(=O)N1c1ccccc1. The highest BCUT2D eigenvalue weighted by Crippen LogP contribution is 2.33. The van der Waals surface area contributed by atoms with Crippen molar-refractivity contribution in [2.75, 3.05) is 11.4 Å². The third kappa shape index (κ3) is 1.90. The zero-order valence-electron chi connectivity index (χ0n) is 12.0. The average molecular weight is 272 g/mol. The summed E-state index contributed by atoms with van der Waals surface area (Å²) in [4.78, 5) is 29.0. The van der Waals surface area contributed by atoms with E-state index in [4.69, 9.17) is 0 Å². The monoisotopic (exact) mass is 272 g/mol. The number of hydrogen-bond donors (Lipinski definition) is 0. The number of fused-ring (bicyclic) bond motifs is 1. The van der Waals surface area contributed by atoms with Gasteiger partial charge in [-0.15, -0.1) is 0 Å². The first kappa shape index (κ1) is 13.2. The molecule has 2 saturated heterocycles. The number of para-hydroxylation sites is 1. The van der Waals surface area contributed by atoms with E-state index < -0.39 is 0 Å². The van der Waals surface area contributed by atoms with Crippen LogP contribution in [0.4, 0.5) is 5.69 Å². The molecule has 4 nitrogen and oxygen atoms in total. The number of nitrogens with zero attached hydrogens (tertiary/aromatic N) is 2. The Morgan fingerprint density at radius 3 is 2.45 bits per heavy atom. The van der Waals surface area contributed by atoms with Gasteiger partial charge in [-0.05, 0) is 30.9 Å². The summed E-state index contributed by atoms with van der Waals surface area (Å²) in [6.07, 6.45) is 1.72. The fraction of sp³-hybridized carbons (Fsp3) is 0.500. The summed E-state index contributed by atoms with van der Waals surface area (Å²) in [7, 11) is 0. The van der Waals surface area contributed by atoms with Crippen LogP contribution in [-0.2, 0) is 9.59 Å². The molecule has 3 rings (SSSR count). The molecule has 0 bridgehead atoms. The van der Waals surface area contributed by atoms with E-state index in [1.807, 2.05) is 44.2 Å². The molecular formula is C16H20N2O2. The maximum absolute atomic E-state index is 12.8. The summed E-state index contributed by atoms with van der Waals surface area (Å²) < 4.78 is 0. The first-order chi connectivity index (χ1) is 9.61. The van der Waals surface area contributed by atoms with Gasteiger partial charge in [-0.3, -0.25) is 14.5 Å². The molecule has 106 valence electrons. The summed E-state index contributed by atoms with van der Waals surface area (Å²) in [6, 6.07) is 8.93. The molecule has 0 aromatic heterocycles. The van der Waals surface area contributed by atoms with E-state index in [2.05, 4.69) is 0 Å². The fourth-order valence-electron chi connectivity index (χ4n) is 3.32. The Morgan fingerprint density at radius 2 is 1.80 bits per heavy atom. The van der Waals surface area contributed by atoms with Crippen molar-refractivity contribution < 1.29 is 9.59 Å². The normalized spacial score (nSPS) is 26.4. The molecule has 1 aromatic rings. The fourth-order valence-corrected chi connectivity index (χ4v) is 3.32. The van der Waals surface area contributed by atoms with E-state index in [9.17, 15) is 9.59 Å². The van der Waals surface area contributed by atoms with Crippen LogP contribution < -0.4 is 4.90 Å². The standard InChI is InChI=1S/C16H20N2O2/c1-11(2)14-16(20)17-10-6-9-13(17)15(19)18(14)12-7-4-3-5-8-12/h3-5,7-8,11,13-14H,6,9-10H2,1-2H3. The van der Waals surface area contributed by atoms with E-state index in [0.29, 0.717) is 0 Å². The molecule has 20 heavy (non-hydrogen) atoms. The molecule has 2 unspecified atom stereocenters. The number of carbonyl (C=O) groups excluding carboxylic acids is 2. The Hall–Kier alpha value is -1.84. The van der Waals surface area contributed by atoms with Crippen LogP contribution in [0.2, 0.25) is 0 Å². The van der Waals surface area contributed by atoms with Gasteiger partial charge in [0.1, 0.15) is 12.1 Å². The minimum Gasteiger partial charge on any atom is -0.329 e. The van der Waals surface area contributed by atoms with Crippen LogP contribution in [0.1, 0.15) is 26.7 Å². The van der Waals surface area contributed by atoms with Gasteiger partial charge in [-0.2, -0.15) is 0 Å². The molecule has 2 amide bonds. The molecule has 0 N–H and O–H groups in total. The van der Waals surface area contributed by atoms with E-state index >= 15 is 0 Å². The third-order valence-corrected chi connectivity index (χ3v) is 4.26. The summed E-state index contributed by atoms with van der Waals surface area (Å²) in [6.45, 7) is 4.73. The molecule has 4 heteroatoms. The molecule has 2 aliphatic heterocycles. The smallest absolute Gasteiger partial charge is 0.250 e. The number of anilines is 1. The van der Waals surface area contributed by atoms with Crippen LogP contribution in [0, 0.1) is 5.92 Å². The number of carbonyl (C=O) groups is 2. The van der Waals surface area contributed by atoms with E-state index in [-0.39, 0.29) is 29.8 Å². The van der Waals surface area contributed by atoms with Crippen LogP contribution in [0.3, 0.4) is 0 Å². The van der Waals surface area contributed by atoms with Crippen LogP contribution in [0.25, 0.3) is 0 Å². The highest BCUT2D eigenvalue weighted by atomic mass is 16.2. The predicted molar refractivity (Wildman–Crippen MR) is 77.3 cm³/mol. The van der Waals surface area contributed by atoms with Gasteiger partial charge in [0.15, 0.2) is 0 Å². The second kappa shape index (κ2) is 4.93. The lowest BCUT2D eigenvalue weighted by molar-refractivity contribution is -0.145. The molecule has 1 aromatic carbocycles. The second-order valence-electron chi connectivity index (χ2n) is 5.92. The van der Waals surface area contributed by atoms with Gasteiger partial charge < -0.3 is 4.90 Å². The van der Waals surface area contributed by atoms with E-state index in [1.165, 1.54) is 0 Å². The molecule has 2 aliphatic rings. The summed E-state index contributed by atoms with van der Waals surface area (Å²) >= 11 is 0. The number of piperazine rings is 1. The Labute approximate surface area is 119 Å². The number of hydrogen-bond acceptors (Lipinski definition) is 2.